The summed E-state index contributed by atoms with van der Waals surface area (Å²) in [5, 5.41) is 0. The van der Waals surface area contributed by atoms with Gasteiger partial charge >= 0.3 is 17.8 Å². The van der Waals surface area contributed by atoms with Crippen molar-refractivity contribution in [3.05, 3.63) is 35.9 Å². The van der Waals surface area contributed by atoms with Crippen LogP contribution in [-0.4, -0.2) is 40.9 Å². The summed E-state index contributed by atoms with van der Waals surface area (Å²) in [7, 11) is 0. The Morgan fingerprint density at radius 3 is 2.32 bits per heavy atom. The highest BCUT2D eigenvalue weighted by Gasteiger charge is 2.46. The zero-order valence-corrected chi connectivity index (χ0v) is 12.5. The van der Waals surface area contributed by atoms with E-state index in [1.807, 2.05) is 18.2 Å². The number of carbonyl (C=O) groups is 3. The topological polar surface area (TPSA) is 57.7 Å². The number of amides is 4. The third-order valence-electron chi connectivity index (χ3n) is 3.77. The second kappa shape index (κ2) is 7.15. The van der Waals surface area contributed by atoms with E-state index in [1.165, 1.54) is 0 Å². The molecule has 6 heteroatoms. The Morgan fingerprint density at radius 2 is 1.68 bits per heavy atom. The number of halogens is 1. The number of carbonyl (C=O) groups excluding carboxylic acids is 3. The fourth-order valence-electron chi connectivity index (χ4n) is 2.48. The summed E-state index contributed by atoms with van der Waals surface area (Å²) in [5.74, 6) is -1.60. The van der Waals surface area contributed by atoms with Crippen molar-refractivity contribution in [2.24, 2.45) is 0 Å². The molecule has 0 aliphatic carbocycles. The minimum absolute atomic E-state index is 0.154. The Morgan fingerprint density at radius 1 is 1.00 bits per heavy atom. The summed E-state index contributed by atoms with van der Waals surface area (Å²) in [5.41, 5.74) is 0.788. The molecule has 118 valence electrons. The lowest BCUT2D eigenvalue weighted by molar-refractivity contribution is -0.144. The van der Waals surface area contributed by atoms with Gasteiger partial charge in [0.2, 0.25) is 0 Å². The van der Waals surface area contributed by atoms with Gasteiger partial charge in [-0.15, -0.1) is 0 Å². The molecule has 2 rings (SSSR count). The third-order valence-corrected chi connectivity index (χ3v) is 3.77. The molecule has 1 heterocycles. The van der Waals surface area contributed by atoms with Gasteiger partial charge in [-0.25, -0.2) is 9.69 Å². The number of unbranched alkanes of at least 4 members (excludes halogenated alkanes) is 2. The van der Waals surface area contributed by atoms with E-state index >= 15 is 0 Å². The number of alkyl halides is 1. The van der Waals surface area contributed by atoms with E-state index < -0.39 is 30.6 Å². The van der Waals surface area contributed by atoms with Crippen molar-refractivity contribution >= 4 is 17.8 Å². The summed E-state index contributed by atoms with van der Waals surface area (Å²) in [6, 6.07) is 7.99. The van der Waals surface area contributed by atoms with Crippen molar-refractivity contribution in [3.63, 3.8) is 0 Å². The van der Waals surface area contributed by atoms with E-state index in [0.717, 1.165) is 15.4 Å². The van der Waals surface area contributed by atoms with Crippen LogP contribution in [0.4, 0.5) is 9.18 Å². The third kappa shape index (κ3) is 3.16. The molecule has 0 saturated carbocycles. The fraction of sp³-hybridized carbons (Fsp3) is 0.438. The number of hydrogen-bond acceptors (Lipinski definition) is 3. The van der Waals surface area contributed by atoms with Gasteiger partial charge in [0.25, 0.3) is 0 Å². The van der Waals surface area contributed by atoms with Gasteiger partial charge < -0.3 is 0 Å². The minimum Gasteiger partial charge on any atom is -0.263 e. The molecule has 1 atom stereocenters. The van der Waals surface area contributed by atoms with Gasteiger partial charge in [0.1, 0.15) is 0 Å². The predicted octanol–water partition coefficient (Wildman–Crippen LogP) is 2.68. The maximum Gasteiger partial charge on any atom is 0.334 e. The van der Waals surface area contributed by atoms with E-state index in [-0.39, 0.29) is 6.54 Å². The molecule has 0 N–H and O–H groups in total. The highest BCUT2D eigenvalue weighted by molar-refractivity contribution is 6.44. The van der Waals surface area contributed by atoms with E-state index in [2.05, 4.69) is 0 Å². The fourth-order valence-corrected chi connectivity index (χ4v) is 2.48. The maximum absolute atomic E-state index is 12.3. The SMILES string of the molecule is CC(c1ccccc1)N1C(=O)C(=O)N(CCCCCF)C1=O. The second-order valence-corrected chi connectivity index (χ2v) is 5.25. The van der Waals surface area contributed by atoms with Crippen molar-refractivity contribution in [2.45, 2.75) is 32.2 Å². The van der Waals surface area contributed by atoms with E-state index in [1.54, 1.807) is 19.1 Å². The van der Waals surface area contributed by atoms with Crippen LogP contribution < -0.4 is 0 Å². The van der Waals surface area contributed by atoms with Gasteiger partial charge in [-0.3, -0.25) is 18.9 Å². The zero-order valence-electron chi connectivity index (χ0n) is 12.5. The summed E-state index contributed by atoms with van der Waals surface area (Å²) in [6.07, 6.45) is 1.48. The molecule has 1 saturated heterocycles. The van der Waals surface area contributed by atoms with Crippen LogP contribution in [0.1, 0.15) is 37.8 Å². The second-order valence-electron chi connectivity index (χ2n) is 5.25. The predicted molar refractivity (Wildman–Crippen MR) is 78.6 cm³/mol. The number of hydrogen-bond donors (Lipinski definition) is 0. The van der Waals surface area contributed by atoms with Crippen molar-refractivity contribution in [2.75, 3.05) is 13.2 Å². The molecule has 0 spiro atoms. The van der Waals surface area contributed by atoms with Crippen LogP contribution >= 0.6 is 0 Å². The Kier molecular flexibility index (Phi) is 5.25. The zero-order chi connectivity index (χ0) is 16.1. The van der Waals surface area contributed by atoms with Crippen LogP contribution in [0.2, 0.25) is 0 Å². The Balaban J connectivity index is 2.08. The van der Waals surface area contributed by atoms with Gasteiger partial charge in [-0.05, 0) is 31.7 Å². The smallest absolute Gasteiger partial charge is 0.263 e. The first-order valence-corrected chi connectivity index (χ1v) is 7.38. The number of nitrogens with zero attached hydrogens (tertiary/aromatic N) is 2. The van der Waals surface area contributed by atoms with Gasteiger partial charge in [-0.2, -0.15) is 0 Å². The summed E-state index contributed by atoms with van der Waals surface area (Å²) >= 11 is 0. The highest BCUT2D eigenvalue weighted by Crippen LogP contribution is 2.26. The number of benzene rings is 1. The van der Waals surface area contributed by atoms with Crippen molar-refractivity contribution < 1.29 is 18.8 Å². The average Bonchev–Trinajstić information content (AvgIpc) is 2.75. The Hall–Kier alpha value is -2.24. The van der Waals surface area contributed by atoms with Gasteiger partial charge in [0.05, 0.1) is 12.7 Å². The van der Waals surface area contributed by atoms with Crippen LogP contribution in [-0.2, 0) is 9.59 Å². The summed E-state index contributed by atoms with van der Waals surface area (Å²) in [4.78, 5) is 38.3. The molecule has 1 unspecified atom stereocenters. The molecule has 0 aromatic heterocycles. The first-order valence-electron chi connectivity index (χ1n) is 7.38. The summed E-state index contributed by atoms with van der Waals surface area (Å²) < 4.78 is 12.1. The Labute approximate surface area is 128 Å². The maximum atomic E-state index is 12.3. The molecule has 1 aromatic rings. The van der Waals surface area contributed by atoms with Gasteiger partial charge in [0, 0.05) is 6.54 Å². The van der Waals surface area contributed by atoms with E-state index in [4.69, 9.17) is 0 Å². The highest BCUT2D eigenvalue weighted by atomic mass is 19.1. The van der Waals surface area contributed by atoms with Crippen LogP contribution in [0.3, 0.4) is 0 Å². The van der Waals surface area contributed by atoms with Crippen LogP contribution in [0, 0.1) is 0 Å². The molecule has 1 fully saturated rings. The molecule has 0 radical (unpaired) electrons. The van der Waals surface area contributed by atoms with Crippen molar-refractivity contribution in [1.82, 2.24) is 9.80 Å². The first-order chi connectivity index (χ1) is 10.6. The number of imide groups is 2. The molecule has 4 amide bonds. The summed E-state index contributed by atoms with van der Waals surface area (Å²) in [6.45, 7) is 1.45. The van der Waals surface area contributed by atoms with Crippen LogP contribution in [0.15, 0.2) is 30.3 Å². The molecule has 1 aliphatic rings. The first kappa shape index (κ1) is 16.1. The van der Waals surface area contributed by atoms with Crippen LogP contribution in [0.5, 0.6) is 0 Å². The van der Waals surface area contributed by atoms with E-state index in [9.17, 15) is 18.8 Å². The normalized spacial score (nSPS) is 16.5. The standard InChI is InChI=1S/C16H19FN2O3/c1-12(13-8-4-2-5-9-13)19-15(21)14(20)18(16(19)22)11-7-3-6-10-17/h2,4-5,8-9,12H,3,6-7,10-11H2,1H3. The largest absolute Gasteiger partial charge is 0.334 e. The molecule has 5 nitrogen and oxygen atoms in total. The molecule has 22 heavy (non-hydrogen) atoms. The molecule has 0 bridgehead atoms. The lowest BCUT2D eigenvalue weighted by atomic mass is 10.1. The molecular weight excluding hydrogens is 287 g/mol. The molecule has 1 aliphatic heterocycles. The lowest BCUT2D eigenvalue weighted by Crippen LogP contribution is -2.35. The molecule has 1 aromatic carbocycles. The van der Waals surface area contributed by atoms with E-state index in [0.29, 0.717) is 19.3 Å². The number of rotatable bonds is 7. The Bertz CT molecular complexity index is 562. The number of urea groups is 1. The van der Waals surface area contributed by atoms with Gasteiger partial charge in [-0.1, -0.05) is 30.3 Å². The van der Waals surface area contributed by atoms with Gasteiger partial charge in [0.15, 0.2) is 0 Å². The van der Waals surface area contributed by atoms with Crippen molar-refractivity contribution in [1.29, 1.82) is 0 Å². The lowest BCUT2D eigenvalue weighted by Gasteiger charge is -2.22. The minimum atomic E-state index is -0.799. The average molecular weight is 306 g/mol. The molecular formula is C16H19FN2O3. The van der Waals surface area contributed by atoms with Crippen molar-refractivity contribution in [3.8, 4) is 0 Å². The monoisotopic (exact) mass is 306 g/mol. The van der Waals surface area contributed by atoms with Crippen LogP contribution in [0.25, 0.3) is 0 Å². The quantitative estimate of drug-likeness (QED) is 0.442.